The molecule has 0 heterocycles. The molecule has 0 atom stereocenters. The van der Waals surface area contributed by atoms with Gasteiger partial charge in [-0.15, -0.1) is 0 Å². The van der Waals surface area contributed by atoms with Gasteiger partial charge in [-0.05, 0) is 47.8 Å². The van der Waals surface area contributed by atoms with Crippen LogP contribution in [0.15, 0.2) is 19.1 Å². The fraction of sp³-hybridized carbons (Fsp3) is 0.143. The van der Waals surface area contributed by atoms with Crippen LogP contribution in [0, 0.1) is 0 Å². The summed E-state index contributed by atoms with van der Waals surface area (Å²) in [5.41, 5.74) is 0.264. The van der Waals surface area contributed by atoms with Crippen molar-refractivity contribution in [2.75, 3.05) is 7.05 Å². The third-order valence-electron chi connectivity index (χ3n) is 1.49. The summed E-state index contributed by atoms with van der Waals surface area (Å²) < 4.78 is 0.725. The SMILES string of the molecule is CNC1=C(Br)C(=O)C(Br)=C(Br)C1=O. The smallest absolute Gasteiger partial charge is 0.218 e. The van der Waals surface area contributed by atoms with E-state index in [0.29, 0.717) is 0 Å². The molecule has 13 heavy (non-hydrogen) atoms. The summed E-state index contributed by atoms with van der Waals surface area (Å²) >= 11 is 9.11. The van der Waals surface area contributed by atoms with Crippen molar-refractivity contribution in [2.45, 2.75) is 0 Å². The normalized spacial score (nSPS) is 18.5. The highest BCUT2D eigenvalue weighted by Crippen LogP contribution is 2.32. The number of halogens is 3. The molecule has 3 nitrogen and oxygen atoms in total. The Hall–Kier alpha value is 0.0600. The number of carbonyl (C=O) groups excluding carboxylic acids is 2. The average molecular weight is 374 g/mol. The average Bonchev–Trinajstić information content (AvgIpc) is 2.13. The number of carbonyl (C=O) groups is 2. The van der Waals surface area contributed by atoms with E-state index in [9.17, 15) is 9.59 Å². The summed E-state index contributed by atoms with van der Waals surface area (Å²) in [4.78, 5) is 22.9. The van der Waals surface area contributed by atoms with Gasteiger partial charge in [0.2, 0.25) is 11.6 Å². The van der Waals surface area contributed by atoms with Crippen molar-refractivity contribution in [3.05, 3.63) is 19.1 Å². The Bertz CT molecular complexity index is 357. The Morgan fingerprint density at radius 1 is 0.923 bits per heavy atom. The standard InChI is InChI=1S/C7H4Br3NO2/c1-11-5-4(10)6(12)2(8)3(9)7(5)13/h11H,1H3. The molecule has 0 saturated carbocycles. The van der Waals surface area contributed by atoms with Crippen LogP contribution in [0.4, 0.5) is 0 Å². The van der Waals surface area contributed by atoms with Gasteiger partial charge in [0, 0.05) is 7.05 Å². The first kappa shape index (κ1) is 11.1. The van der Waals surface area contributed by atoms with Crippen molar-refractivity contribution >= 4 is 59.4 Å². The molecule has 0 aromatic heterocycles. The minimum atomic E-state index is -0.254. The van der Waals surface area contributed by atoms with Gasteiger partial charge in [-0.3, -0.25) is 9.59 Å². The Morgan fingerprint density at radius 2 is 1.38 bits per heavy atom. The third kappa shape index (κ3) is 1.80. The Labute approximate surface area is 100 Å². The molecule has 70 valence electrons. The second-order valence-corrected chi connectivity index (χ2v) is 4.60. The van der Waals surface area contributed by atoms with Gasteiger partial charge in [-0.1, -0.05) is 0 Å². The first-order valence-electron chi connectivity index (χ1n) is 3.23. The van der Waals surface area contributed by atoms with Crippen LogP contribution in [0.1, 0.15) is 0 Å². The lowest BCUT2D eigenvalue weighted by Gasteiger charge is -2.14. The molecule has 1 aliphatic rings. The lowest BCUT2D eigenvalue weighted by atomic mass is 10.1. The van der Waals surface area contributed by atoms with E-state index < -0.39 is 0 Å². The fourth-order valence-electron chi connectivity index (χ4n) is 0.842. The molecule has 6 heteroatoms. The molecule has 1 rings (SSSR count). The molecule has 0 bridgehead atoms. The van der Waals surface area contributed by atoms with Crippen molar-refractivity contribution in [3.8, 4) is 0 Å². The van der Waals surface area contributed by atoms with E-state index in [4.69, 9.17) is 0 Å². The van der Waals surface area contributed by atoms with Crippen LogP contribution in [0.3, 0.4) is 0 Å². The zero-order valence-corrected chi connectivity index (χ0v) is 11.2. The minimum Gasteiger partial charge on any atom is -0.384 e. The fourth-order valence-corrected chi connectivity index (χ4v) is 2.44. The topological polar surface area (TPSA) is 46.2 Å². The lowest BCUT2D eigenvalue weighted by molar-refractivity contribution is -0.115. The zero-order valence-electron chi connectivity index (χ0n) is 6.45. The minimum absolute atomic E-state index is 0.239. The van der Waals surface area contributed by atoms with Crippen LogP contribution >= 0.6 is 47.8 Å². The van der Waals surface area contributed by atoms with Gasteiger partial charge in [0.15, 0.2) is 0 Å². The van der Waals surface area contributed by atoms with E-state index in [0.717, 1.165) is 0 Å². The number of hydrogen-bond acceptors (Lipinski definition) is 3. The number of rotatable bonds is 1. The second kappa shape index (κ2) is 4.06. The van der Waals surface area contributed by atoms with Crippen LogP contribution in [0.25, 0.3) is 0 Å². The molecule has 0 aliphatic heterocycles. The van der Waals surface area contributed by atoms with Gasteiger partial charge in [-0.2, -0.15) is 0 Å². The number of hydrogen-bond donors (Lipinski definition) is 1. The first-order valence-corrected chi connectivity index (χ1v) is 5.60. The highest BCUT2D eigenvalue weighted by Gasteiger charge is 2.30. The summed E-state index contributed by atoms with van der Waals surface area (Å²) in [6.45, 7) is 0. The summed E-state index contributed by atoms with van der Waals surface area (Å²) in [5, 5.41) is 2.66. The molecule has 0 unspecified atom stereocenters. The first-order chi connectivity index (χ1) is 6.00. The molecule has 1 aliphatic carbocycles. The molecule has 1 N–H and O–H groups in total. The van der Waals surface area contributed by atoms with E-state index in [2.05, 4.69) is 53.1 Å². The number of Topliss-reactive ketones (excluding diaryl/α,β-unsaturated/α-hetero) is 2. The van der Waals surface area contributed by atoms with Gasteiger partial charge < -0.3 is 5.32 Å². The highest BCUT2D eigenvalue weighted by molar-refractivity contribution is 9.15. The Kier molecular flexibility index (Phi) is 3.48. The number of nitrogens with one attached hydrogen (secondary N) is 1. The third-order valence-corrected chi connectivity index (χ3v) is 4.29. The van der Waals surface area contributed by atoms with E-state index in [1.807, 2.05) is 0 Å². The predicted octanol–water partition coefficient (Wildman–Crippen LogP) is 1.97. The molecule has 0 aromatic carbocycles. The number of allylic oxidation sites excluding steroid dienone is 3. The predicted molar refractivity (Wildman–Crippen MR) is 59.9 cm³/mol. The van der Waals surface area contributed by atoms with E-state index in [1.165, 1.54) is 0 Å². The summed E-state index contributed by atoms with van der Waals surface area (Å²) in [6, 6.07) is 0. The van der Waals surface area contributed by atoms with Crippen LogP contribution < -0.4 is 5.32 Å². The molecule has 0 aromatic rings. The van der Waals surface area contributed by atoms with Crippen molar-refractivity contribution in [1.82, 2.24) is 5.32 Å². The number of likely N-dealkylation sites (N-methyl/N-ethyl adjacent to an activating group) is 1. The Morgan fingerprint density at radius 3 is 1.85 bits per heavy atom. The zero-order chi connectivity index (χ0) is 10.2. The quantitative estimate of drug-likeness (QED) is 0.715. The monoisotopic (exact) mass is 371 g/mol. The molecule has 0 spiro atoms. The molecular formula is C7H4Br3NO2. The maximum Gasteiger partial charge on any atom is 0.218 e. The van der Waals surface area contributed by atoms with Crippen LogP contribution in [0.5, 0.6) is 0 Å². The van der Waals surface area contributed by atoms with E-state index in [-0.39, 0.29) is 30.7 Å². The molecule has 0 saturated heterocycles. The van der Waals surface area contributed by atoms with Gasteiger partial charge in [0.05, 0.1) is 13.4 Å². The van der Waals surface area contributed by atoms with Crippen molar-refractivity contribution in [3.63, 3.8) is 0 Å². The van der Waals surface area contributed by atoms with Gasteiger partial charge in [0.1, 0.15) is 5.70 Å². The summed E-state index contributed by atoms with van der Waals surface area (Å²) in [6.07, 6.45) is 0. The maximum atomic E-state index is 11.5. The van der Waals surface area contributed by atoms with Gasteiger partial charge in [-0.25, -0.2) is 0 Å². The summed E-state index contributed by atoms with van der Waals surface area (Å²) in [5.74, 6) is -0.503. The van der Waals surface area contributed by atoms with Crippen molar-refractivity contribution in [2.24, 2.45) is 0 Å². The lowest BCUT2D eigenvalue weighted by Crippen LogP contribution is -2.25. The highest BCUT2D eigenvalue weighted by atomic mass is 79.9. The van der Waals surface area contributed by atoms with Crippen molar-refractivity contribution < 1.29 is 9.59 Å². The summed E-state index contributed by atoms with van der Waals surface area (Å²) in [7, 11) is 1.58. The van der Waals surface area contributed by atoms with Gasteiger partial charge >= 0.3 is 0 Å². The maximum absolute atomic E-state index is 11.5. The molecule has 0 amide bonds. The molecular weight excluding hydrogens is 370 g/mol. The molecule has 0 fully saturated rings. The van der Waals surface area contributed by atoms with E-state index in [1.54, 1.807) is 7.05 Å². The molecule has 0 radical (unpaired) electrons. The largest absolute Gasteiger partial charge is 0.384 e. The second-order valence-electron chi connectivity index (χ2n) is 2.23. The number of ketones is 2. The van der Waals surface area contributed by atoms with Crippen LogP contribution in [-0.2, 0) is 9.59 Å². The van der Waals surface area contributed by atoms with Gasteiger partial charge in [0.25, 0.3) is 0 Å². The van der Waals surface area contributed by atoms with Crippen LogP contribution in [-0.4, -0.2) is 18.6 Å². The van der Waals surface area contributed by atoms with Crippen LogP contribution in [0.2, 0.25) is 0 Å². The van der Waals surface area contributed by atoms with E-state index >= 15 is 0 Å². The van der Waals surface area contributed by atoms with Crippen molar-refractivity contribution in [1.29, 1.82) is 0 Å². The Balaban J connectivity index is 3.29.